The molecule has 0 aliphatic heterocycles. The van der Waals surface area contributed by atoms with Crippen molar-refractivity contribution in [2.45, 2.75) is 58.4 Å². The van der Waals surface area contributed by atoms with E-state index < -0.39 is 0 Å². The fourth-order valence-electron chi connectivity index (χ4n) is 0. The van der Waals surface area contributed by atoms with Crippen molar-refractivity contribution in [3.8, 4) is 0 Å². The van der Waals surface area contributed by atoms with Gasteiger partial charge in [-0.2, -0.15) is 11.8 Å². The molecule has 0 aliphatic rings. The molecule has 0 saturated heterocycles. The Bertz CT molecular complexity index is 18.3. The summed E-state index contributed by atoms with van der Waals surface area (Å²) < 4.78 is 4.54. The minimum atomic E-state index is 0. The second kappa shape index (κ2) is 109. The van der Waals surface area contributed by atoms with Gasteiger partial charge in [-0.3, -0.25) is 0 Å². The Morgan fingerprint density at radius 3 is 1.00 bits per heavy atom. The van der Waals surface area contributed by atoms with Gasteiger partial charge in [0.2, 0.25) is 0 Å². The van der Waals surface area contributed by atoms with Gasteiger partial charge >= 0.3 is 0 Å². The first kappa shape index (κ1) is 63.7. The standard InChI is InChI=1S/C3H8O.C3H8S.6CH4/c2*1-3-4-2;;;;;;/h2*3H2,1-2H3;6*1H4. The average Bonchev–Trinajstić information content (AvgIpc) is 1.88. The molecule has 0 heterocycles. The molecule has 100 valence electrons. The number of ether oxygens (including phenoxy) is 1. The van der Waals surface area contributed by atoms with E-state index >= 15 is 0 Å². The Balaban J connectivity index is -0.00000000600. The third-order valence-corrected chi connectivity index (χ3v) is 1.15. The molecule has 2 heteroatoms. The lowest BCUT2D eigenvalue weighted by molar-refractivity contribution is 0.215. The second-order valence-corrected chi connectivity index (χ2v) is 2.31. The smallest absolute Gasteiger partial charge is 0.0433 e. The molecule has 0 aromatic carbocycles. The van der Waals surface area contributed by atoms with E-state index in [1.54, 1.807) is 7.11 Å². The Morgan fingerprint density at radius 2 is 1.00 bits per heavy atom. The molecule has 0 unspecified atom stereocenters. The van der Waals surface area contributed by atoms with Crippen LogP contribution in [0.2, 0.25) is 0 Å². The van der Waals surface area contributed by atoms with Gasteiger partial charge in [0.25, 0.3) is 0 Å². The summed E-state index contributed by atoms with van der Waals surface area (Å²) in [5.41, 5.74) is 0. The van der Waals surface area contributed by atoms with E-state index in [0.29, 0.717) is 0 Å². The van der Waals surface area contributed by atoms with Crippen molar-refractivity contribution in [1.82, 2.24) is 0 Å². The molecule has 0 fully saturated rings. The van der Waals surface area contributed by atoms with E-state index in [1.165, 1.54) is 5.75 Å². The van der Waals surface area contributed by atoms with Crippen LogP contribution in [-0.2, 0) is 4.74 Å². The monoisotopic (exact) mass is 232 g/mol. The van der Waals surface area contributed by atoms with E-state index in [2.05, 4.69) is 17.9 Å². The lowest BCUT2D eigenvalue weighted by Crippen LogP contribution is -1.73. The summed E-state index contributed by atoms with van der Waals surface area (Å²) in [5.74, 6) is 1.24. The first-order valence-electron chi connectivity index (χ1n) is 2.81. The van der Waals surface area contributed by atoms with Crippen LogP contribution in [0.15, 0.2) is 0 Å². The van der Waals surface area contributed by atoms with Crippen LogP contribution in [0.25, 0.3) is 0 Å². The topological polar surface area (TPSA) is 9.23 Å². The zero-order valence-corrected chi connectivity index (χ0v) is 7.05. The van der Waals surface area contributed by atoms with E-state index in [9.17, 15) is 0 Å². The summed E-state index contributed by atoms with van der Waals surface area (Å²) in [6.45, 7) is 4.92. The highest BCUT2D eigenvalue weighted by molar-refractivity contribution is 7.98. The molecule has 0 rings (SSSR count). The number of rotatable bonds is 2. The van der Waals surface area contributed by atoms with Crippen LogP contribution in [-0.4, -0.2) is 25.7 Å². The van der Waals surface area contributed by atoms with Crippen molar-refractivity contribution in [1.29, 1.82) is 0 Å². The molecular weight excluding hydrogens is 192 g/mol. The Morgan fingerprint density at radius 1 is 0.857 bits per heavy atom. The molecule has 1 nitrogen and oxygen atoms in total. The summed E-state index contributed by atoms with van der Waals surface area (Å²) in [4.78, 5) is 0. The predicted octanol–water partition coefficient (Wildman–Crippen LogP) is 5.84. The minimum absolute atomic E-state index is 0. The van der Waals surface area contributed by atoms with Crippen molar-refractivity contribution in [2.24, 2.45) is 0 Å². The van der Waals surface area contributed by atoms with Crippen molar-refractivity contribution in [3.05, 3.63) is 0 Å². The maximum Gasteiger partial charge on any atom is 0.0433 e. The van der Waals surface area contributed by atoms with Gasteiger partial charge in [-0.15, -0.1) is 0 Å². The van der Waals surface area contributed by atoms with Gasteiger partial charge in [-0.05, 0) is 18.9 Å². The lowest BCUT2D eigenvalue weighted by Gasteiger charge is -1.76. The highest BCUT2D eigenvalue weighted by atomic mass is 32.2. The average molecular weight is 233 g/mol. The van der Waals surface area contributed by atoms with E-state index in [1.807, 2.05) is 18.7 Å². The quantitative estimate of drug-likeness (QED) is 0.591. The van der Waals surface area contributed by atoms with Crippen molar-refractivity contribution >= 4 is 11.8 Å². The number of methoxy groups -OCH3 is 1. The first-order chi connectivity index (χ1) is 3.83. The summed E-state index contributed by atoms with van der Waals surface area (Å²) in [7, 11) is 1.68. The Hall–Kier alpha value is 0.310. The fraction of sp³-hybridized carbons (Fsp3) is 1.00. The van der Waals surface area contributed by atoms with Gasteiger partial charge in [0.15, 0.2) is 0 Å². The molecule has 0 aromatic heterocycles. The van der Waals surface area contributed by atoms with Crippen LogP contribution in [0.4, 0.5) is 0 Å². The summed E-state index contributed by atoms with van der Waals surface area (Å²) in [6.07, 6.45) is 2.10. The highest BCUT2D eigenvalue weighted by Crippen LogP contribution is 1.83. The second-order valence-electron chi connectivity index (χ2n) is 1.15. The normalized spacial score (nSPS) is 4.29. The van der Waals surface area contributed by atoms with Crippen molar-refractivity contribution in [2.75, 3.05) is 25.7 Å². The molecule has 0 N–H and O–H groups in total. The molecule has 0 radical (unpaired) electrons. The van der Waals surface area contributed by atoms with Crippen LogP contribution >= 0.6 is 11.8 Å². The molecule has 14 heavy (non-hydrogen) atoms. The molecular formula is C12H40OS. The third-order valence-electron chi connectivity index (χ3n) is 0.577. The van der Waals surface area contributed by atoms with Crippen LogP contribution < -0.4 is 0 Å². The lowest BCUT2D eigenvalue weighted by atomic mass is 10.9. The van der Waals surface area contributed by atoms with Crippen LogP contribution in [0.5, 0.6) is 0 Å². The first-order valence-corrected chi connectivity index (χ1v) is 4.20. The SMILES string of the molecule is C.C.C.C.C.C.CCOC.CCSC. The van der Waals surface area contributed by atoms with Crippen LogP contribution in [0, 0.1) is 0 Å². The zero-order chi connectivity index (χ0) is 6.83. The van der Waals surface area contributed by atoms with E-state index in [-0.39, 0.29) is 44.6 Å². The maximum absolute atomic E-state index is 4.54. The van der Waals surface area contributed by atoms with Gasteiger partial charge < -0.3 is 4.74 Å². The van der Waals surface area contributed by atoms with Gasteiger partial charge in [-0.1, -0.05) is 51.5 Å². The summed E-state index contributed by atoms with van der Waals surface area (Å²) in [5, 5.41) is 0. The van der Waals surface area contributed by atoms with Gasteiger partial charge in [0.1, 0.15) is 0 Å². The number of thioether (sulfide) groups is 1. The third kappa shape index (κ3) is 295. The van der Waals surface area contributed by atoms with Crippen LogP contribution in [0.1, 0.15) is 58.4 Å². The molecule has 0 spiro atoms. The van der Waals surface area contributed by atoms with E-state index in [0.717, 1.165) is 6.61 Å². The number of hydrogen-bond acceptors (Lipinski definition) is 2. The predicted molar refractivity (Wildman–Crippen MR) is 82.0 cm³/mol. The van der Waals surface area contributed by atoms with Gasteiger partial charge in [0.05, 0.1) is 0 Å². The van der Waals surface area contributed by atoms with E-state index in [4.69, 9.17) is 0 Å². The Kier molecular flexibility index (Phi) is 494. The molecule has 0 aromatic rings. The summed E-state index contributed by atoms with van der Waals surface area (Å²) in [6, 6.07) is 0. The Labute approximate surface area is 101 Å². The molecule has 0 bridgehead atoms. The molecule has 0 atom stereocenters. The van der Waals surface area contributed by atoms with Crippen molar-refractivity contribution < 1.29 is 4.74 Å². The molecule has 0 aliphatic carbocycles. The summed E-state index contributed by atoms with van der Waals surface area (Å²) >= 11 is 1.86. The largest absolute Gasteiger partial charge is 0.385 e. The highest BCUT2D eigenvalue weighted by Gasteiger charge is 1.55. The maximum atomic E-state index is 4.54. The van der Waals surface area contributed by atoms with Crippen molar-refractivity contribution in [3.63, 3.8) is 0 Å². The minimum Gasteiger partial charge on any atom is -0.385 e. The van der Waals surface area contributed by atoms with Gasteiger partial charge in [-0.25, -0.2) is 0 Å². The molecule has 0 amide bonds. The molecule has 0 saturated carbocycles. The zero-order valence-electron chi connectivity index (χ0n) is 6.23. The number of hydrogen-bond donors (Lipinski definition) is 0. The van der Waals surface area contributed by atoms with Crippen LogP contribution in [0.3, 0.4) is 0 Å². The fourth-order valence-corrected chi connectivity index (χ4v) is 0. The van der Waals surface area contributed by atoms with Gasteiger partial charge in [0, 0.05) is 13.7 Å².